The highest BCUT2D eigenvalue weighted by atomic mass is 35.5. The van der Waals surface area contributed by atoms with E-state index in [9.17, 15) is 4.79 Å². The van der Waals surface area contributed by atoms with Crippen molar-refractivity contribution in [3.8, 4) is 5.75 Å². The van der Waals surface area contributed by atoms with Crippen LogP contribution in [-0.4, -0.2) is 62.2 Å². The predicted octanol–water partition coefficient (Wildman–Crippen LogP) is 3.20. The third-order valence-corrected chi connectivity index (χ3v) is 5.78. The van der Waals surface area contributed by atoms with E-state index in [1.165, 1.54) is 12.8 Å². The average Bonchev–Trinajstić information content (AvgIpc) is 3.09. The standard InChI is InChI=1S/C20H29ClN2O3/c1-22(19(24)14-25-2)12-15-10-17(11-15)26-18-7-5-6-16(20(18)21)13-23-8-3-4-9-23/h5-7,15,17H,3-4,8-14H2,1-2H3. The molecule has 1 aliphatic carbocycles. The van der Waals surface area contributed by atoms with E-state index in [4.69, 9.17) is 21.1 Å². The zero-order chi connectivity index (χ0) is 18.5. The number of ether oxygens (including phenoxy) is 2. The Hall–Kier alpha value is -1.30. The van der Waals surface area contributed by atoms with Crippen LogP contribution < -0.4 is 4.74 Å². The van der Waals surface area contributed by atoms with E-state index < -0.39 is 0 Å². The topological polar surface area (TPSA) is 42.0 Å². The number of nitrogens with zero attached hydrogens (tertiary/aromatic N) is 2. The van der Waals surface area contributed by atoms with Gasteiger partial charge in [0.25, 0.3) is 0 Å². The van der Waals surface area contributed by atoms with Gasteiger partial charge in [0.15, 0.2) is 0 Å². The molecule has 5 nitrogen and oxygen atoms in total. The molecule has 2 aliphatic rings. The summed E-state index contributed by atoms with van der Waals surface area (Å²) in [6.45, 7) is 4.10. The fourth-order valence-corrected chi connectivity index (χ4v) is 4.00. The van der Waals surface area contributed by atoms with Crippen molar-refractivity contribution in [2.24, 2.45) is 5.92 Å². The highest BCUT2D eigenvalue weighted by molar-refractivity contribution is 6.32. The predicted molar refractivity (Wildman–Crippen MR) is 103 cm³/mol. The zero-order valence-corrected chi connectivity index (χ0v) is 16.5. The van der Waals surface area contributed by atoms with E-state index in [0.717, 1.165) is 55.4 Å². The van der Waals surface area contributed by atoms with Crippen molar-refractivity contribution < 1.29 is 14.3 Å². The third kappa shape index (κ3) is 4.90. The van der Waals surface area contributed by atoms with Crippen molar-refractivity contribution in [3.63, 3.8) is 0 Å². The maximum atomic E-state index is 11.8. The summed E-state index contributed by atoms with van der Waals surface area (Å²) in [5.74, 6) is 1.29. The molecule has 2 fully saturated rings. The van der Waals surface area contributed by atoms with Gasteiger partial charge >= 0.3 is 0 Å². The first kappa shape index (κ1) is 19.5. The molecule has 1 aromatic carbocycles. The molecule has 0 atom stereocenters. The maximum Gasteiger partial charge on any atom is 0.248 e. The van der Waals surface area contributed by atoms with Gasteiger partial charge in [0.1, 0.15) is 12.4 Å². The molecular weight excluding hydrogens is 352 g/mol. The van der Waals surface area contributed by atoms with Gasteiger partial charge in [-0.2, -0.15) is 0 Å². The second-order valence-electron chi connectivity index (χ2n) is 7.50. The van der Waals surface area contributed by atoms with Crippen LogP contribution in [0.4, 0.5) is 0 Å². The minimum absolute atomic E-state index is 0.0227. The van der Waals surface area contributed by atoms with Crippen molar-refractivity contribution in [3.05, 3.63) is 28.8 Å². The van der Waals surface area contributed by atoms with Gasteiger partial charge in [-0.1, -0.05) is 23.7 Å². The molecule has 0 radical (unpaired) electrons. The summed E-state index contributed by atoms with van der Waals surface area (Å²) in [4.78, 5) is 15.9. The van der Waals surface area contributed by atoms with Crippen molar-refractivity contribution >= 4 is 17.5 Å². The van der Waals surface area contributed by atoms with Crippen molar-refractivity contribution in [1.82, 2.24) is 9.80 Å². The van der Waals surface area contributed by atoms with Crippen LogP contribution in [0.1, 0.15) is 31.2 Å². The van der Waals surface area contributed by atoms with Crippen LogP contribution >= 0.6 is 11.6 Å². The Morgan fingerprint density at radius 1 is 1.31 bits per heavy atom. The zero-order valence-electron chi connectivity index (χ0n) is 15.7. The van der Waals surface area contributed by atoms with Crippen molar-refractivity contribution in [1.29, 1.82) is 0 Å². The van der Waals surface area contributed by atoms with Gasteiger partial charge in [0.2, 0.25) is 5.91 Å². The number of hydrogen-bond donors (Lipinski definition) is 0. The lowest BCUT2D eigenvalue weighted by molar-refractivity contribution is -0.135. The Morgan fingerprint density at radius 3 is 2.73 bits per heavy atom. The lowest BCUT2D eigenvalue weighted by Crippen LogP contribution is -2.42. The molecule has 1 heterocycles. The smallest absolute Gasteiger partial charge is 0.248 e. The fraction of sp³-hybridized carbons (Fsp3) is 0.650. The Kier molecular flexibility index (Phi) is 6.79. The number of rotatable bonds is 8. The first-order valence-electron chi connectivity index (χ1n) is 9.46. The summed E-state index contributed by atoms with van der Waals surface area (Å²) in [6, 6.07) is 6.07. The third-order valence-electron chi connectivity index (χ3n) is 5.35. The van der Waals surface area contributed by atoms with Crippen LogP contribution in [0.5, 0.6) is 5.75 Å². The summed E-state index contributed by atoms with van der Waals surface area (Å²) >= 11 is 6.59. The number of halogens is 1. The highest BCUT2D eigenvalue weighted by Gasteiger charge is 2.33. The second-order valence-corrected chi connectivity index (χ2v) is 7.88. The molecule has 0 spiro atoms. The molecule has 144 valence electrons. The molecule has 26 heavy (non-hydrogen) atoms. The first-order chi connectivity index (χ1) is 12.6. The quantitative estimate of drug-likeness (QED) is 0.694. The van der Waals surface area contributed by atoms with E-state index in [1.54, 1.807) is 12.0 Å². The molecule has 1 aromatic rings. The molecule has 3 rings (SSSR count). The number of methoxy groups -OCH3 is 1. The van der Waals surface area contributed by atoms with E-state index in [2.05, 4.69) is 11.0 Å². The summed E-state index contributed by atoms with van der Waals surface area (Å²) in [6.07, 6.45) is 4.65. The van der Waals surface area contributed by atoms with Gasteiger partial charge in [0, 0.05) is 27.2 Å². The molecule has 1 saturated heterocycles. The molecule has 0 aromatic heterocycles. The minimum Gasteiger partial charge on any atom is -0.489 e. The molecule has 0 bridgehead atoms. The Balaban J connectivity index is 1.47. The van der Waals surface area contributed by atoms with Crippen LogP contribution in [0.15, 0.2) is 18.2 Å². The monoisotopic (exact) mass is 380 g/mol. The Labute approximate surface area is 161 Å². The van der Waals surface area contributed by atoms with Crippen molar-refractivity contribution in [2.45, 2.75) is 38.3 Å². The highest BCUT2D eigenvalue weighted by Crippen LogP contribution is 2.36. The number of carbonyl (C=O) groups excluding carboxylic acids is 1. The second kappa shape index (κ2) is 9.07. The normalized spacial score (nSPS) is 22.9. The molecule has 6 heteroatoms. The first-order valence-corrected chi connectivity index (χ1v) is 9.84. The van der Waals surface area contributed by atoms with Gasteiger partial charge in [-0.3, -0.25) is 9.69 Å². The summed E-state index contributed by atoms with van der Waals surface area (Å²) in [5.41, 5.74) is 1.15. The van der Waals surface area contributed by atoms with E-state index in [-0.39, 0.29) is 18.6 Å². The van der Waals surface area contributed by atoms with E-state index in [0.29, 0.717) is 5.92 Å². The molecule has 1 aliphatic heterocycles. The minimum atomic E-state index is 0.0227. The maximum absolute atomic E-state index is 11.8. The largest absolute Gasteiger partial charge is 0.489 e. The van der Waals surface area contributed by atoms with Gasteiger partial charge in [0.05, 0.1) is 11.1 Å². The number of carbonyl (C=O) groups is 1. The van der Waals surface area contributed by atoms with Gasteiger partial charge in [-0.25, -0.2) is 0 Å². The molecule has 1 saturated carbocycles. The van der Waals surface area contributed by atoms with Crippen LogP contribution in [-0.2, 0) is 16.1 Å². The number of hydrogen-bond acceptors (Lipinski definition) is 4. The van der Waals surface area contributed by atoms with Crippen LogP contribution in [0.3, 0.4) is 0 Å². The van der Waals surface area contributed by atoms with Gasteiger partial charge in [-0.15, -0.1) is 0 Å². The number of likely N-dealkylation sites (tertiary alicyclic amines) is 1. The lowest BCUT2D eigenvalue weighted by atomic mass is 9.82. The van der Waals surface area contributed by atoms with Gasteiger partial charge in [-0.05, 0) is 56.3 Å². The van der Waals surface area contributed by atoms with Crippen molar-refractivity contribution in [2.75, 3.05) is 40.4 Å². The van der Waals surface area contributed by atoms with Gasteiger partial charge < -0.3 is 14.4 Å². The van der Waals surface area contributed by atoms with Crippen LogP contribution in [0.2, 0.25) is 5.02 Å². The molecular formula is C20H29ClN2O3. The number of amides is 1. The Bertz CT molecular complexity index is 613. The lowest BCUT2D eigenvalue weighted by Gasteiger charge is -2.37. The summed E-state index contributed by atoms with van der Waals surface area (Å²) in [7, 11) is 3.37. The van der Waals surface area contributed by atoms with Crippen LogP contribution in [0, 0.1) is 5.92 Å². The molecule has 0 N–H and O–H groups in total. The number of benzene rings is 1. The average molecular weight is 381 g/mol. The van der Waals surface area contributed by atoms with E-state index in [1.807, 2.05) is 19.2 Å². The Morgan fingerprint density at radius 2 is 2.04 bits per heavy atom. The fourth-order valence-electron chi connectivity index (χ4n) is 3.77. The van der Waals surface area contributed by atoms with Crippen LogP contribution in [0.25, 0.3) is 0 Å². The molecule has 1 amide bonds. The van der Waals surface area contributed by atoms with E-state index >= 15 is 0 Å². The summed E-state index contributed by atoms with van der Waals surface area (Å²) < 4.78 is 11.0. The number of likely N-dealkylation sites (N-methyl/N-ethyl adjacent to an activating group) is 1. The SMILES string of the molecule is COCC(=O)N(C)CC1CC(Oc2cccc(CN3CCCC3)c2Cl)C1. The molecule has 0 unspecified atom stereocenters. The summed E-state index contributed by atoms with van der Waals surface area (Å²) in [5, 5.41) is 0.746.